The summed E-state index contributed by atoms with van der Waals surface area (Å²) in [6.07, 6.45) is -0.0239. The van der Waals surface area contributed by atoms with Crippen LogP contribution in [0.1, 0.15) is 31.4 Å². The van der Waals surface area contributed by atoms with Gasteiger partial charge in [0.2, 0.25) is 0 Å². The minimum absolute atomic E-state index is 0.0239. The summed E-state index contributed by atoms with van der Waals surface area (Å²) in [6.45, 7) is 5.68. The molecule has 0 aliphatic heterocycles. The van der Waals surface area contributed by atoms with Gasteiger partial charge in [0.25, 0.3) is 0 Å². The van der Waals surface area contributed by atoms with E-state index in [1.165, 1.54) is 0 Å². The number of carbonyl (C=O) groups is 1. The fourth-order valence-electron chi connectivity index (χ4n) is 1.51. The van der Waals surface area contributed by atoms with E-state index in [0.717, 1.165) is 11.1 Å². The molecule has 0 aliphatic rings. The van der Waals surface area contributed by atoms with E-state index >= 15 is 0 Å². The van der Waals surface area contributed by atoms with Crippen molar-refractivity contribution in [2.75, 3.05) is 6.61 Å². The zero-order valence-electron chi connectivity index (χ0n) is 9.99. The zero-order valence-corrected chi connectivity index (χ0v) is 9.99. The van der Waals surface area contributed by atoms with Crippen LogP contribution in [-0.4, -0.2) is 17.7 Å². The molecule has 0 spiro atoms. The van der Waals surface area contributed by atoms with E-state index < -0.39 is 5.60 Å². The van der Waals surface area contributed by atoms with Crippen molar-refractivity contribution >= 4 is 5.97 Å². The summed E-state index contributed by atoms with van der Waals surface area (Å²) < 4.78 is 4.82. The molecule has 0 radical (unpaired) electrons. The van der Waals surface area contributed by atoms with Gasteiger partial charge in [0.05, 0.1) is 18.6 Å². The molecule has 1 aromatic rings. The number of hydrogen-bond acceptors (Lipinski definition) is 3. The van der Waals surface area contributed by atoms with Gasteiger partial charge in [-0.15, -0.1) is 0 Å². The van der Waals surface area contributed by atoms with Crippen molar-refractivity contribution in [2.45, 2.75) is 32.8 Å². The molecule has 88 valence electrons. The van der Waals surface area contributed by atoms with E-state index in [1.54, 1.807) is 13.8 Å². The monoisotopic (exact) mass is 222 g/mol. The highest BCUT2D eigenvalue weighted by Gasteiger charge is 2.27. The standard InChI is InChI=1S/C13H18O3/c1-4-16-12(14)9-13(3,15)11-7-5-10(2)6-8-11/h5-8,15H,4,9H2,1-3H3. The maximum absolute atomic E-state index is 11.3. The van der Waals surface area contributed by atoms with Crippen LogP contribution in [0, 0.1) is 6.92 Å². The molecule has 0 saturated heterocycles. The fraction of sp³-hybridized carbons (Fsp3) is 0.462. The van der Waals surface area contributed by atoms with Crippen LogP contribution in [0.3, 0.4) is 0 Å². The van der Waals surface area contributed by atoms with E-state index in [-0.39, 0.29) is 12.4 Å². The van der Waals surface area contributed by atoms with Crippen LogP contribution >= 0.6 is 0 Å². The Kier molecular flexibility index (Phi) is 4.07. The number of ether oxygens (including phenoxy) is 1. The van der Waals surface area contributed by atoms with Crippen molar-refractivity contribution in [1.82, 2.24) is 0 Å². The summed E-state index contributed by atoms with van der Waals surface area (Å²) in [7, 11) is 0. The summed E-state index contributed by atoms with van der Waals surface area (Å²) in [5.74, 6) is -0.381. The van der Waals surface area contributed by atoms with Gasteiger partial charge >= 0.3 is 5.97 Å². The Labute approximate surface area is 96.1 Å². The predicted molar refractivity (Wildman–Crippen MR) is 62.0 cm³/mol. The normalized spacial score (nSPS) is 14.2. The summed E-state index contributed by atoms with van der Waals surface area (Å²) in [5, 5.41) is 10.2. The number of hydrogen-bond donors (Lipinski definition) is 1. The van der Waals surface area contributed by atoms with Crippen molar-refractivity contribution < 1.29 is 14.6 Å². The molecule has 1 atom stereocenters. The van der Waals surface area contributed by atoms with Crippen molar-refractivity contribution in [3.8, 4) is 0 Å². The molecule has 1 N–H and O–H groups in total. The van der Waals surface area contributed by atoms with E-state index in [0.29, 0.717) is 6.61 Å². The van der Waals surface area contributed by atoms with Gasteiger partial charge in [-0.25, -0.2) is 0 Å². The van der Waals surface area contributed by atoms with Crippen LogP contribution in [0.5, 0.6) is 0 Å². The molecule has 0 aliphatic carbocycles. The Morgan fingerprint density at radius 1 is 1.38 bits per heavy atom. The SMILES string of the molecule is CCOC(=O)CC(C)(O)c1ccc(C)cc1. The van der Waals surface area contributed by atoms with Crippen molar-refractivity contribution in [3.63, 3.8) is 0 Å². The summed E-state index contributed by atoms with van der Waals surface area (Å²) in [5.41, 5.74) is 0.682. The van der Waals surface area contributed by atoms with Gasteiger partial charge in [0, 0.05) is 0 Å². The molecule has 3 heteroatoms. The minimum Gasteiger partial charge on any atom is -0.466 e. The molecule has 0 bridgehead atoms. The van der Waals surface area contributed by atoms with E-state index in [4.69, 9.17) is 4.74 Å². The van der Waals surface area contributed by atoms with Gasteiger partial charge in [-0.2, -0.15) is 0 Å². The maximum atomic E-state index is 11.3. The van der Waals surface area contributed by atoms with E-state index in [9.17, 15) is 9.90 Å². The largest absolute Gasteiger partial charge is 0.466 e. The smallest absolute Gasteiger partial charge is 0.309 e. The average Bonchev–Trinajstić information content (AvgIpc) is 2.17. The number of esters is 1. The third kappa shape index (κ3) is 3.35. The highest BCUT2D eigenvalue weighted by atomic mass is 16.5. The summed E-state index contributed by atoms with van der Waals surface area (Å²) in [6, 6.07) is 7.48. The average molecular weight is 222 g/mol. The number of carbonyl (C=O) groups excluding carboxylic acids is 1. The summed E-state index contributed by atoms with van der Waals surface area (Å²) >= 11 is 0. The second-order valence-electron chi connectivity index (χ2n) is 4.12. The van der Waals surface area contributed by atoms with Crippen molar-refractivity contribution in [1.29, 1.82) is 0 Å². The molecular weight excluding hydrogens is 204 g/mol. The molecule has 16 heavy (non-hydrogen) atoms. The topological polar surface area (TPSA) is 46.5 Å². The number of benzene rings is 1. The second-order valence-corrected chi connectivity index (χ2v) is 4.12. The first-order chi connectivity index (χ1) is 7.45. The van der Waals surface area contributed by atoms with Crippen LogP contribution < -0.4 is 0 Å². The number of rotatable bonds is 4. The van der Waals surface area contributed by atoms with Gasteiger partial charge in [0.15, 0.2) is 0 Å². The first kappa shape index (κ1) is 12.7. The zero-order chi connectivity index (χ0) is 12.2. The van der Waals surface area contributed by atoms with Crippen LogP contribution in [0.25, 0.3) is 0 Å². The van der Waals surface area contributed by atoms with Crippen LogP contribution in [0.2, 0.25) is 0 Å². The molecule has 0 fully saturated rings. The minimum atomic E-state index is -1.17. The lowest BCUT2D eigenvalue weighted by Gasteiger charge is -2.22. The Hall–Kier alpha value is -1.35. The lowest BCUT2D eigenvalue weighted by Crippen LogP contribution is -2.26. The highest BCUT2D eigenvalue weighted by molar-refractivity contribution is 5.71. The van der Waals surface area contributed by atoms with Crippen LogP contribution in [0.4, 0.5) is 0 Å². The molecule has 0 saturated carbocycles. The lowest BCUT2D eigenvalue weighted by molar-refractivity contribution is -0.148. The molecule has 0 heterocycles. The first-order valence-electron chi connectivity index (χ1n) is 5.41. The molecule has 1 rings (SSSR count). The third-order valence-corrected chi connectivity index (χ3v) is 2.47. The molecule has 3 nitrogen and oxygen atoms in total. The Morgan fingerprint density at radius 2 is 1.94 bits per heavy atom. The number of aliphatic hydroxyl groups is 1. The van der Waals surface area contributed by atoms with Crippen molar-refractivity contribution in [3.05, 3.63) is 35.4 Å². The Bertz CT molecular complexity index is 352. The highest BCUT2D eigenvalue weighted by Crippen LogP contribution is 2.25. The quantitative estimate of drug-likeness (QED) is 0.794. The first-order valence-corrected chi connectivity index (χ1v) is 5.41. The van der Waals surface area contributed by atoms with Crippen LogP contribution in [0.15, 0.2) is 24.3 Å². The molecular formula is C13H18O3. The summed E-state index contributed by atoms with van der Waals surface area (Å²) in [4.78, 5) is 11.3. The van der Waals surface area contributed by atoms with Gasteiger partial charge in [-0.1, -0.05) is 29.8 Å². The van der Waals surface area contributed by atoms with Gasteiger partial charge in [-0.3, -0.25) is 4.79 Å². The second kappa shape index (κ2) is 5.12. The maximum Gasteiger partial charge on any atom is 0.309 e. The molecule has 0 amide bonds. The fourth-order valence-corrected chi connectivity index (χ4v) is 1.51. The van der Waals surface area contributed by atoms with E-state index in [2.05, 4.69) is 0 Å². The molecule has 1 unspecified atom stereocenters. The van der Waals surface area contributed by atoms with E-state index in [1.807, 2.05) is 31.2 Å². The predicted octanol–water partition coefficient (Wildman–Crippen LogP) is 2.16. The van der Waals surface area contributed by atoms with Crippen molar-refractivity contribution in [2.24, 2.45) is 0 Å². The van der Waals surface area contributed by atoms with Gasteiger partial charge in [-0.05, 0) is 26.3 Å². The third-order valence-electron chi connectivity index (χ3n) is 2.47. The Balaban J connectivity index is 2.76. The van der Waals surface area contributed by atoms with Gasteiger partial charge in [0.1, 0.15) is 0 Å². The molecule has 0 aromatic heterocycles. The lowest BCUT2D eigenvalue weighted by atomic mass is 9.92. The van der Waals surface area contributed by atoms with Crippen LogP contribution in [-0.2, 0) is 15.1 Å². The van der Waals surface area contributed by atoms with Gasteiger partial charge < -0.3 is 9.84 Å². The Morgan fingerprint density at radius 3 is 2.44 bits per heavy atom. The number of aryl methyl sites for hydroxylation is 1. The molecule has 1 aromatic carbocycles.